The maximum Gasteiger partial charge on any atom is 0.271 e. The van der Waals surface area contributed by atoms with Crippen molar-refractivity contribution >= 4 is 12.1 Å². The van der Waals surface area contributed by atoms with Crippen molar-refractivity contribution in [1.82, 2.24) is 5.43 Å². The highest BCUT2D eigenvalue weighted by atomic mass is 19.1. The van der Waals surface area contributed by atoms with Crippen molar-refractivity contribution in [3.8, 4) is 11.5 Å². The molecule has 0 atom stereocenters. The molecule has 0 saturated heterocycles. The van der Waals surface area contributed by atoms with E-state index in [4.69, 9.17) is 9.47 Å². The number of carbonyl (C=O) groups is 1. The molecule has 7 heteroatoms. The normalized spacial score (nSPS) is 12.6. The van der Waals surface area contributed by atoms with Gasteiger partial charge < -0.3 is 9.47 Å². The molecule has 1 aliphatic heterocycles. The van der Waals surface area contributed by atoms with E-state index in [1.54, 1.807) is 6.07 Å². The molecule has 0 saturated carbocycles. The number of nitrogens with one attached hydrogen (secondary N) is 1. The van der Waals surface area contributed by atoms with E-state index in [2.05, 4.69) is 10.5 Å². The minimum Gasteiger partial charge on any atom is -0.454 e. The zero-order chi connectivity index (χ0) is 15.5. The van der Waals surface area contributed by atoms with Gasteiger partial charge in [-0.05, 0) is 30.3 Å². The summed E-state index contributed by atoms with van der Waals surface area (Å²) < 4.78 is 37.0. The molecule has 1 heterocycles. The first kappa shape index (κ1) is 14.0. The molecule has 3 rings (SSSR count). The van der Waals surface area contributed by atoms with Crippen LogP contribution < -0.4 is 14.9 Å². The molecule has 0 aromatic heterocycles. The summed E-state index contributed by atoms with van der Waals surface area (Å²) in [5.74, 6) is -1.06. The van der Waals surface area contributed by atoms with Crippen LogP contribution in [0.4, 0.5) is 8.78 Å². The summed E-state index contributed by atoms with van der Waals surface area (Å²) in [5, 5.41) is 3.56. The SMILES string of the molecule is O=C(N/N=C/c1c(F)cccc1F)c1ccc2c(c1)OCO2. The lowest BCUT2D eigenvalue weighted by Crippen LogP contribution is -2.17. The van der Waals surface area contributed by atoms with Gasteiger partial charge in [-0.3, -0.25) is 4.79 Å². The fourth-order valence-electron chi connectivity index (χ4n) is 1.89. The zero-order valence-corrected chi connectivity index (χ0v) is 11.2. The number of rotatable bonds is 3. The third-order valence-electron chi connectivity index (χ3n) is 2.99. The van der Waals surface area contributed by atoms with Crippen LogP contribution in [-0.2, 0) is 0 Å². The number of benzene rings is 2. The highest BCUT2D eigenvalue weighted by molar-refractivity contribution is 5.95. The van der Waals surface area contributed by atoms with Crippen LogP contribution in [0.1, 0.15) is 15.9 Å². The summed E-state index contributed by atoms with van der Waals surface area (Å²) in [6.45, 7) is 0.102. The molecule has 112 valence electrons. The Morgan fingerprint density at radius 3 is 2.64 bits per heavy atom. The Bertz CT molecular complexity index is 742. The Morgan fingerprint density at radius 2 is 1.86 bits per heavy atom. The summed E-state index contributed by atoms with van der Waals surface area (Å²) in [7, 11) is 0. The smallest absolute Gasteiger partial charge is 0.271 e. The van der Waals surface area contributed by atoms with E-state index in [0.29, 0.717) is 11.5 Å². The number of carbonyl (C=O) groups excluding carboxylic acids is 1. The lowest BCUT2D eigenvalue weighted by molar-refractivity contribution is 0.0954. The number of hydrogen-bond acceptors (Lipinski definition) is 4. The minimum absolute atomic E-state index is 0.102. The molecule has 2 aromatic carbocycles. The Morgan fingerprint density at radius 1 is 1.14 bits per heavy atom. The number of halogens is 2. The summed E-state index contributed by atoms with van der Waals surface area (Å²) in [6.07, 6.45) is 0.912. The summed E-state index contributed by atoms with van der Waals surface area (Å²) in [4.78, 5) is 11.9. The van der Waals surface area contributed by atoms with Crippen LogP contribution in [0.3, 0.4) is 0 Å². The predicted octanol–water partition coefficient (Wildman–Crippen LogP) is 2.46. The molecule has 0 bridgehead atoms. The van der Waals surface area contributed by atoms with Gasteiger partial charge in [-0.15, -0.1) is 0 Å². The van der Waals surface area contributed by atoms with E-state index < -0.39 is 17.5 Å². The average molecular weight is 304 g/mol. The Hall–Kier alpha value is -2.96. The fourth-order valence-corrected chi connectivity index (χ4v) is 1.89. The monoisotopic (exact) mass is 304 g/mol. The number of hydrazone groups is 1. The van der Waals surface area contributed by atoms with Gasteiger partial charge in [-0.25, -0.2) is 14.2 Å². The topological polar surface area (TPSA) is 59.9 Å². The van der Waals surface area contributed by atoms with Crippen LogP contribution in [0, 0.1) is 11.6 Å². The van der Waals surface area contributed by atoms with Crippen molar-refractivity contribution in [2.24, 2.45) is 5.10 Å². The predicted molar refractivity (Wildman–Crippen MR) is 74.0 cm³/mol. The largest absolute Gasteiger partial charge is 0.454 e. The minimum atomic E-state index is -0.763. The average Bonchev–Trinajstić information content (AvgIpc) is 2.97. The van der Waals surface area contributed by atoms with E-state index in [9.17, 15) is 13.6 Å². The Kier molecular flexibility index (Phi) is 3.69. The second-order valence-corrected chi connectivity index (χ2v) is 4.40. The van der Waals surface area contributed by atoms with Gasteiger partial charge in [0.25, 0.3) is 5.91 Å². The molecule has 0 aliphatic carbocycles. The molecule has 1 N–H and O–H groups in total. The van der Waals surface area contributed by atoms with Gasteiger partial charge in [0.1, 0.15) is 11.6 Å². The van der Waals surface area contributed by atoms with Crippen LogP contribution in [0.5, 0.6) is 11.5 Å². The number of nitrogens with zero attached hydrogens (tertiary/aromatic N) is 1. The summed E-state index contributed by atoms with van der Waals surface area (Å²) >= 11 is 0. The lowest BCUT2D eigenvalue weighted by atomic mass is 10.2. The lowest BCUT2D eigenvalue weighted by Gasteiger charge is -2.02. The quantitative estimate of drug-likeness (QED) is 0.700. The first-order valence-electron chi connectivity index (χ1n) is 6.32. The van der Waals surface area contributed by atoms with Gasteiger partial charge >= 0.3 is 0 Å². The van der Waals surface area contributed by atoms with Crippen LogP contribution in [0.15, 0.2) is 41.5 Å². The first-order chi connectivity index (χ1) is 10.6. The van der Waals surface area contributed by atoms with Crippen LogP contribution in [0.25, 0.3) is 0 Å². The molecule has 1 amide bonds. The fraction of sp³-hybridized carbons (Fsp3) is 0.0667. The van der Waals surface area contributed by atoms with Gasteiger partial charge in [0, 0.05) is 5.56 Å². The summed E-state index contributed by atoms with van der Waals surface area (Å²) in [6, 6.07) is 8.07. The number of amides is 1. The van der Waals surface area contributed by atoms with Crippen molar-refractivity contribution < 1.29 is 23.0 Å². The molecule has 0 unspecified atom stereocenters. The van der Waals surface area contributed by atoms with Crippen LogP contribution in [0.2, 0.25) is 0 Å². The third-order valence-corrected chi connectivity index (χ3v) is 2.99. The van der Waals surface area contributed by atoms with E-state index in [-0.39, 0.29) is 17.9 Å². The zero-order valence-electron chi connectivity index (χ0n) is 11.2. The summed E-state index contributed by atoms with van der Waals surface area (Å²) in [5.41, 5.74) is 2.16. The van der Waals surface area contributed by atoms with E-state index in [0.717, 1.165) is 18.3 Å². The number of ether oxygens (including phenoxy) is 2. The molecule has 1 aliphatic rings. The third kappa shape index (κ3) is 2.73. The molecule has 0 radical (unpaired) electrons. The standard InChI is InChI=1S/C15H10F2N2O3/c16-11-2-1-3-12(17)10(11)7-18-19-15(20)9-4-5-13-14(6-9)22-8-21-13/h1-7H,8H2,(H,19,20)/b18-7+. The van der Waals surface area contributed by atoms with E-state index in [1.807, 2.05) is 0 Å². The van der Waals surface area contributed by atoms with Crippen LogP contribution >= 0.6 is 0 Å². The molecule has 22 heavy (non-hydrogen) atoms. The molecule has 2 aromatic rings. The molecule has 5 nitrogen and oxygen atoms in total. The Labute approximate surface area is 124 Å². The first-order valence-corrected chi connectivity index (χ1v) is 6.32. The van der Waals surface area contributed by atoms with Gasteiger partial charge in [-0.2, -0.15) is 5.10 Å². The van der Waals surface area contributed by atoms with Crippen molar-refractivity contribution in [1.29, 1.82) is 0 Å². The van der Waals surface area contributed by atoms with Crippen LogP contribution in [-0.4, -0.2) is 18.9 Å². The highest BCUT2D eigenvalue weighted by Gasteiger charge is 2.16. The van der Waals surface area contributed by atoms with Crippen molar-refractivity contribution in [3.63, 3.8) is 0 Å². The second kappa shape index (κ2) is 5.80. The highest BCUT2D eigenvalue weighted by Crippen LogP contribution is 2.32. The van der Waals surface area contributed by atoms with Gasteiger partial charge in [0.2, 0.25) is 6.79 Å². The van der Waals surface area contributed by atoms with Crippen molar-refractivity contribution in [2.75, 3.05) is 6.79 Å². The molecule has 0 spiro atoms. The van der Waals surface area contributed by atoms with Gasteiger partial charge in [0.15, 0.2) is 11.5 Å². The second-order valence-electron chi connectivity index (χ2n) is 4.40. The maximum absolute atomic E-state index is 13.4. The van der Waals surface area contributed by atoms with Gasteiger partial charge in [-0.1, -0.05) is 6.07 Å². The number of hydrogen-bond donors (Lipinski definition) is 1. The van der Waals surface area contributed by atoms with E-state index >= 15 is 0 Å². The molecular formula is C15H10F2N2O3. The number of fused-ring (bicyclic) bond motifs is 1. The molecular weight excluding hydrogens is 294 g/mol. The van der Waals surface area contributed by atoms with Gasteiger partial charge in [0.05, 0.1) is 11.8 Å². The molecule has 0 fully saturated rings. The Balaban J connectivity index is 1.71. The maximum atomic E-state index is 13.4. The van der Waals surface area contributed by atoms with Crippen molar-refractivity contribution in [3.05, 3.63) is 59.2 Å². The van der Waals surface area contributed by atoms with E-state index in [1.165, 1.54) is 18.2 Å². The van der Waals surface area contributed by atoms with Crippen molar-refractivity contribution in [2.45, 2.75) is 0 Å².